The van der Waals surface area contributed by atoms with Crippen LogP contribution in [0.25, 0.3) is 5.57 Å². The first-order valence-electron chi connectivity index (χ1n) is 9.07. The summed E-state index contributed by atoms with van der Waals surface area (Å²) in [5.74, 6) is -0.409. The molecule has 0 radical (unpaired) electrons. The Hall–Kier alpha value is -3.07. The second-order valence-electron chi connectivity index (χ2n) is 6.52. The number of H-pyrrole nitrogens is 1. The van der Waals surface area contributed by atoms with Crippen LogP contribution < -0.4 is 48.9 Å². The van der Waals surface area contributed by atoms with Gasteiger partial charge in [-0.15, -0.1) is 0 Å². The maximum absolute atomic E-state index is 13.3. The Bertz CT molecular complexity index is 1120. The number of benzene rings is 2. The number of Topliss-reactive ketones (excluding diaryl/α,β-unsaturated/α-hetero) is 1. The molecule has 1 N–H and O–H groups in total. The van der Waals surface area contributed by atoms with Gasteiger partial charge in [-0.05, 0) is 42.0 Å². The number of nitrogens with zero attached hydrogens (tertiary/aromatic N) is 1. The predicted octanol–water partition coefficient (Wildman–Crippen LogP) is -1.22. The molecule has 0 spiro atoms. The summed E-state index contributed by atoms with van der Waals surface area (Å²) in [5.41, 5.74) is 1.04. The third-order valence-corrected chi connectivity index (χ3v) is 4.72. The molecule has 152 valence electrons. The Morgan fingerprint density at radius 2 is 1.81 bits per heavy atom. The molecule has 9 heteroatoms. The predicted molar refractivity (Wildman–Crippen MR) is 104 cm³/mol. The van der Waals surface area contributed by atoms with Crippen molar-refractivity contribution in [3.63, 3.8) is 0 Å². The van der Waals surface area contributed by atoms with E-state index in [4.69, 9.17) is 14.2 Å². The van der Waals surface area contributed by atoms with Crippen LogP contribution in [0.4, 0.5) is 0 Å². The zero-order valence-electron chi connectivity index (χ0n) is 17.0. The fraction of sp³-hybridized carbons (Fsp3) is 0.136. The van der Waals surface area contributed by atoms with Crippen molar-refractivity contribution < 1.29 is 58.5 Å². The number of hydrogen-bond donors (Lipinski definition) is 1. The Balaban J connectivity index is 0.00000272. The smallest absolute Gasteiger partial charge is 0.545 e. The Morgan fingerprint density at radius 3 is 2.45 bits per heavy atom. The number of carboxylic acid groups (broad SMARTS) is 1. The third kappa shape index (κ3) is 4.82. The van der Waals surface area contributed by atoms with E-state index in [0.717, 1.165) is 0 Å². The number of imidazole rings is 1. The second-order valence-corrected chi connectivity index (χ2v) is 6.52. The molecule has 8 nitrogen and oxygen atoms in total. The molecular formula is C22H17N2NaO6. The quantitative estimate of drug-likeness (QED) is 0.285. The standard InChI is InChI=1S/C22H18N2O6.Na/c1-28-16-5-2-13(3-6-16)21(25)17(9-15-10-23-11-24-15)20(22(26)27)14-4-7-18-19(8-14)30-12-29-18;/h2-8,10-11H,9,12H2,1H3,(H,23,24)(H,26,27);/q;+1/p-1/b20-17-;. The van der Waals surface area contributed by atoms with Crippen molar-refractivity contribution in [1.29, 1.82) is 0 Å². The van der Waals surface area contributed by atoms with Gasteiger partial charge < -0.3 is 29.1 Å². The molecule has 0 amide bonds. The van der Waals surface area contributed by atoms with E-state index in [2.05, 4.69) is 9.97 Å². The number of aromatic nitrogens is 2. The number of carbonyl (C=O) groups excluding carboxylic acids is 2. The summed E-state index contributed by atoms with van der Waals surface area (Å²) < 4.78 is 15.8. The summed E-state index contributed by atoms with van der Waals surface area (Å²) in [6.45, 7) is 0.0505. The number of aliphatic carboxylic acids is 1. The van der Waals surface area contributed by atoms with Gasteiger partial charge in [0.1, 0.15) is 5.75 Å². The minimum atomic E-state index is -1.47. The number of carbonyl (C=O) groups is 2. The fourth-order valence-corrected chi connectivity index (χ4v) is 3.24. The van der Waals surface area contributed by atoms with E-state index < -0.39 is 11.8 Å². The first-order chi connectivity index (χ1) is 14.6. The minimum Gasteiger partial charge on any atom is -0.545 e. The van der Waals surface area contributed by atoms with E-state index in [-0.39, 0.29) is 59.5 Å². The molecule has 0 saturated carbocycles. The number of aromatic amines is 1. The summed E-state index contributed by atoms with van der Waals surface area (Å²) in [7, 11) is 1.52. The molecule has 0 fully saturated rings. The number of ether oxygens (including phenoxy) is 3. The van der Waals surface area contributed by atoms with Gasteiger partial charge >= 0.3 is 29.6 Å². The summed E-state index contributed by atoms with van der Waals surface area (Å²) in [6, 6.07) is 11.1. The van der Waals surface area contributed by atoms with Crippen LogP contribution in [0.1, 0.15) is 21.6 Å². The number of carboxylic acids is 1. The Kier molecular flexibility index (Phi) is 7.17. The number of rotatable bonds is 7. The van der Waals surface area contributed by atoms with Crippen LogP contribution in [-0.4, -0.2) is 35.6 Å². The molecule has 1 aliphatic rings. The molecule has 1 aliphatic heterocycles. The zero-order chi connectivity index (χ0) is 21.1. The molecule has 1 aromatic heterocycles. The van der Waals surface area contributed by atoms with Gasteiger partial charge in [-0.2, -0.15) is 0 Å². The third-order valence-electron chi connectivity index (χ3n) is 4.72. The largest absolute Gasteiger partial charge is 1.00 e. The normalized spacial score (nSPS) is 12.5. The summed E-state index contributed by atoms with van der Waals surface area (Å²) in [6.07, 6.45) is 3.03. The van der Waals surface area contributed by atoms with Gasteiger partial charge in [0.25, 0.3) is 0 Å². The van der Waals surface area contributed by atoms with Crippen LogP contribution in [0.5, 0.6) is 17.2 Å². The van der Waals surface area contributed by atoms with Gasteiger partial charge in [-0.1, -0.05) is 6.07 Å². The SMILES string of the molecule is COc1ccc(C(=O)/C(Cc2cnc[nH]2)=C(\C(=O)[O-])c2ccc3c(c2)OCO3)cc1.[Na+]. The van der Waals surface area contributed by atoms with E-state index in [0.29, 0.717) is 28.5 Å². The molecule has 0 aliphatic carbocycles. The van der Waals surface area contributed by atoms with Crippen molar-refractivity contribution in [3.05, 3.63) is 77.4 Å². The Labute approximate surface area is 200 Å². The van der Waals surface area contributed by atoms with Crippen LogP contribution in [0.15, 0.2) is 60.6 Å². The fourth-order valence-electron chi connectivity index (χ4n) is 3.24. The molecule has 0 atom stereocenters. The number of fused-ring (bicyclic) bond motifs is 1. The van der Waals surface area contributed by atoms with Crippen molar-refractivity contribution in [2.75, 3.05) is 13.9 Å². The maximum atomic E-state index is 13.3. The van der Waals surface area contributed by atoms with Crippen LogP contribution in [0.3, 0.4) is 0 Å². The van der Waals surface area contributed by atoms with Gasteiger partial charge in [0.2, 0.25) is 6.79 Å². The van der Waals surface area contributed by atoms with E-state index >= 15 is 0 Å². The Morgan fingerprint density at radius 1 is 1.10 bits per heavy atom. The van der Waals surface area contributed by atoms with E-state index in [1.165, 1.54) is 25.7 Å². The molecule has 2 heterocycles. The second kappa shape index (κ2) is 9.82. The van der Waals surface area contributed by atoms with Crippen molar-refractivity contribution in [3.8, 4) is 17.2 Å². The van der Waals surface area contributed by atoms with Gasteiger partial charge in [-0.25, -0.2) is 4.98 Å². The van der Waals surface area contributed by atoms with Gasteiger partial charge in [0, 0.05) is 35.0 Å². The number of ketones is 1. The number of methoxy groups -OCH3 is 1. The van der Waals surface area contributed by atoms with Crippen molar-refractivity contribution in [2.45, 2.75) is 6.42 Å². The molecule has 2 aromatic carbocycles. The van der Waals surface area contributed by atoms with E-state index in [9.17, 15) is 14.7 Å². The van der Waals surface area contributed by atoms with Crippen molar-refractivity contribution in [1.82, 2.24) is 9.97 Å². The number of allylic oxidation sites excluding steroid dienone is 1. The average molecular weight is 428 g/mol. The molecule has 0 saturated heterocycles. The molecule has 0 bridgehead atoms. The van der Waals surface area contributed by atoms with Crippen LogP contribution in [-0.2, 0) is 11.2 Å². The first-order valence-corrected chi connectivity index (χ1v) is 9.07. The summed E-state index contributed by atoms with van der Waals surface area (Å²) in [5, 5.41) is 12.2. The maximum Gasteiger partial charge on any atom is 1.00 e. The molecule has 0 unspecified atom stereocenters. The molecular weight excluding hydrogens is 411 g/mol. The van der Waals surface area contributed by atoms with Crippen LogP contribution >= 0.6 is 0 Å². The summed E-state index contributed by atoms with van der Waals surface area (Å²) in [4.78, 5) is 32.4. The zero-order valence-corrected chi connectivity index (χ0v) is 19.0. The van der Waals surface area contributed by atoms with Gasteiger partial charge in [0.15, 0.2) is 17.3 Å². The number of nitrogens with one attached hydrogen (secondary N) is 1. The first kappa shape index (κ1) is 22.6. The van der Waals surface area contributed by atoms with Crippen molar-refractivity contribution >= 4 is 17.3 Å². The van der Waals surface area contributed by atoms with Crippen LogP contribution in [0, 0.1) is 0 Å². The van der Waals surface area contributed by atoms with E-state index in [1.807, 2.05) is 0 Å². The molecule has 4 rings (SSSR count). The topological polar surface area (TPSA) is 114 Å². The van der Waals surface area contributed by atoms with Gasteiger partial charge in [-0.3, -0.25) is 4.79 Å². The summed E-state index contributed by atoms with van der Waals surface area (Å²) >= 11 is 0. The van der Waals surface area contributed by atoms with Gasteiger partial charge in [0.05, 0.1) is 19.4 Å². The number of hydrogen-bond acceptors (Lipinski definition) is 7. The molecule has 31 heavy (non-hydrogen) atoms. The van der Waals surface area contributed by atoms with Crippen LogP contribution in [0.2, 0.25) is 0 Å². The van der Waals surface area contributed by atoms with E-state index in [1.54, 1.807) is 36.4 Å². The average Bonchev–Trinajstić information content (AvgIpc) is 3.44. The monoisotopic (exact) mass is 428 g/mol. The molecule has 3 aromatic rings. The minimum absolute atomic E-state index is 0. The van der Waals surface area contributed by atoms with Crippen molar-refractivity contribution in [2.24, 2.45) is 0 Å².